The molecule has 0 unspecified atom stereocenters. The summed E-state index contributed by atoms with van der Waals surface area (Å²) >= 11 is 6.99. The van der Waals surface area contributed by atoms with Crippen LogP contribution >= 0.6 is 11.6 Å². The van der Waals surface area contributed by atoms with Crippen molar-refractivity contribution in [1.29, 1.82) is 0 Å². The van der Waals surface area contributed by atoms with Crippen LogP contribution < -0.4 is 0 Å². The van der Waals surface area contributed by atoms with E-state index in [1.807, 2.05) is 38.2 Å². The van der Waals surface area contributed by atoms with Crippen molar-refractivity contribution in [2.24, 2.45) is 4.99 Å². The molecule has 3 aromatic carbocycles. The molecule has 188 valence electrons. The fourth-order valence-electron chi connectivity index (χ4n) is 4.16. The molecule has 37 heavy (non-hydrogen) atoms. The van der Waals surface area contributed by atoms with Gasteiger partial charge in [-0.15, -0.1) is 0 Å². The molecule has 4 aromatic rings. The second kappa shape index (κ2) is 11.2. The highest BCUT2D eigenvalue weighted by Gasteiger charge is 2.18. The molecule has 0 radical (unpaired) electrons. The Bertz CT molecular complexity index is 1510. The summed E-state index contributed by atoms with van der Waals surface area (Å²) in [5, 5.41) is 12.0. The molecule has 1 aromatic heterocycles. The Kier molecular flexibility index (Phi) is 8.06. The molecule has 1 N–H and O–H groups in total. The van der Waals surface area contributed by atoms with Gasteiger partial charge in [0.15, 0.2) is 0 Å². The molecule has 3 nitrogen and oxygen atoms in total. The standard InChI is InChI=1S/C33H33ClN2O/c1-6-7-13-26(21-35-23(3)33(4,5)37)25-18-19-30-29(20-25)31(32(34)22(2)36-30)28-17-12-11-16-27(28)24-14-9-8-10-15-24/h7-21,37H,6H2,1-5H3/b13-7+,26-21+,35-23+. The van der Waals surface area contributed by atoms with Crippen molar-refractivity contribution in [3.8, 4) is 22.3 Å². The maximum atomic E-state index is 10.3. The van der Waals surface area contributed by atoms with Crippen molar-refractivity contribution in [1.82, 2.24) is 4.98 Å². The van der Waals surface area contributed by atoms with E-state index in [0.29, 0.717) is 10.7 Å². The highest BCUT2D eigenvalue weighted by Crippen LogP contribution is 2.41. The fourth-order valence-corrected chi connectivity index (χ4v) is 4.40. The van der Waals surface area contributed by atoms with Gasteiger partial charge in [-0.3, -0.25) is 9.98 Å². The van der Waals surface area contributed by atoms with Crippen LogP contribution in [0.1, 0.15) is 45.4 Å². The van der Waals surface area contributed by atoms with Gasteiger partial charge in [-0.25, -0.2) is 0 Å². The summed E-state index contributed by atoms with van der Waals surface area (Å²) in [5.41, 5.74) is 7.60. The predicted octanol–water partition coefficient (Wildman–Crippen LogP) is 9.07. The average Bonchev–Trinajstić information content (AvgIpc) is 2.89. The lowest BCUT2D eigenvalue weighted by Gasteiger charge is -2.17. The number of halogens is 1. The number of hydrogen-bond acceptors (Lipinski definition) is 3. The third-order valence-corrected chi connectivity index (χ3v) is 6.98. The lowest BCUT2D eigenvalue weighted by atomic mass is 9.91. The van der Waals surface area contributed by atoms with E-state index < -0.39 is 5.60 Å². The molecule has 0 atom stereocenters. The number of aliphatic imine (C=N–C) groups is 1. The maximum absolute atomic E-state index is 10.3. The quantitative estimate of drug-likeness (QED) is 0.200. The van der Waals surface area contributed by atoms with E-state index in [2.05, 4.69) is 78.7 Å². The summed E-state index contributed by atoms with van der Waals surface area (Å²) in [7, 11) is 0. The van der Waals surface area contributed by atoms with Crippen molar-refractivity contribution in [3.63, 3.8) is 0 Å². The second-order valence-corrected chi connectivity index (χ2v) is 10.1. The minimum absolute atomic E-state index is 0.647. The zero-order valence-corrected chi connectivity index (χ0v) is 22.8. The van der Waals surface area contributed by atoms with Crippen LogP contribution in [-0.2, 0) is 0 Å². The van der Waals surface area contributed by atoms with Crippen molar-refractivity contribution in [3.05, 3.63) is 107 Å². The van der Waals surface area contributed by atoms with Gasteiger partial charge >= 0.3 is 0 Å². The smallest absolute Gasteiger partial charge is 0.0967 e. The van der Waals surface area contributed by atoms with Gasteiger partial charge in [0.2, 0.25) is 0 Å². The Morgan fingerprint density at radius 2 is 1.68 bits per heavy atom. The zero-order chi connectivity index (χ0) is 26.6. The molecular weight excluding hydrogens is 476 g/mol. The van der Waals surface area contributed by atoms with E-state index in [1.54, 1.807) is 13.8 Å². The van der Waals surface area contributed by atoms with E-state index in [4.69, 9.17) is 16.6 Å². The first-order chi connectivity index (χ1) is 17.7. The van der Waals surface area contributed by atoms with Crippen molar-refractivity contribution in [2.75, 3.05) is 0 Å². The van der Waals surface area contributed by atoms with E-state index >= 15 is 0 Å². The Morgan fingerprint density at radius 3 is 2.35 bits per heavy atom. The molecule has 0 saturated carbocycles. The van der Waals surface area contributed by atoms with Gasteiger partial charge in [0.05, 0.1) is 21.8 Å². The molecular formula is C33H33ClN2O. The van der Waals surface area contributed by atoms with Gasteiger partial charge in [-0.2, -0.15) is 0 Å². The number of allylic oxidation sites excluding steroid dienone is 3. The monoisotopic (exact) mass is 508 g/mol. The van der Waals surface area contributed by atoms with Gasteiger partial charge in [-0.1, -0.05) is 91.3 Å². The SMILES string of the molecule is CC/C=C/C(=C\N=C(/C)C(C)(C)O)c1ccc2nc(C)c(Cl)c(-c3ccccc3-c3ccccc3)c2c1. The van der Waals surface area contributed by atoms with Crippen LogP contribution in [0.3, 0.4) is 0 Å². The topological polar surface area (TPSA) is 45.5 Å². The van der Waals surface area contributed by atoms with Gasteiger partial charge in [0.1, 0.15) is 0 Å². The largest absolute Gasteiger partial charge is 0.385 e. The van der Waals surface area contributed by atoms with E-state index in [1.165, 1.54) is 0 Å². The first-order valence-electron chi connectivity index (χ1n) is 12.6. The highest BCUT2D eigenvalue weighted by atomic mass is 35.5. The van der Waals surface area contributed by atoms with Crippen LogP contribution in [0.4, 0.5) is 0 Å². The van der Waals surface area contributed by atoms with Gasteiger partial charge in [0, 0.05) is 22.9 Å². The molecule has 0 aliphatic rings. The molecule has 0 aliphatic carbocycles. The summed E-state index contributed by atoms with van der Waals surface area (Å²) in [5.74, 6) is 0. The normalized spacial score (nSPS) is 13.1. The van der Waals surface area contributed by atoms with Crippen LogP contribution in [0.5, 0.6) is 0 Å². The number of nitrogens with zero attached hydrogens (tertiary/aromatic N) is 2. The molecule has 1 heterocycles. The summed E-state index contributed by atoms with van der Waals surface area (Å²) < 4.78 is 0. The van der Waals surface area contributed by atoms with Gasteiger partial charge in [-0.05, 0) is 74.1 Å². The van der Waals surface area contributed by atoms with Crippen LogP contribution in [0.2, 0.25) is 5.02 Å². The Hall–Kier alpha value is -3.53. The molecule has 0 saturated heterocycles. The lowest BCUT2D eigenvalue weighted by Crippen LogP contribution is -2.28. The first kappa shape index (κ1) is 26.5. The van der Waals surface area contributed by atoms with Crippen molar-refractivity contribution in [2.45, 2.75) is 46.6 Å². The molecule has 0 fully saturated rings. The minimum Gasteiger partial charge on any atom is -0.385 e. The first-order valence-corrected chi connectivity index (χ1v) is 13.0. The molecule has 0 amide bonds. The Balaban J connectivity index is 1.98. The van der Waals surface area contributed by atoms with Crippen LogP contribution in [0.25, 0.3) is 38.7 Å². The van der Waals surface area contributed by atoms with E-state index in [9.17, 15) is 5.11 Å². The number of aromatic nitrogens is 1. The molecule has 0 spiro atoms. The Morgan fingerprint density at radius 1 is 1.00 bits per heavy atom. The third kappa shape index (κ3) is 5.90. The number of aryl methyl sites for hydroxylation is 1. The van der Waals surface area contributed by atoms with Crippen molar-refractivity contribution < 1.29 is 5.11 Å². The summed E-state index contributed by atoms with van der Waals surface area (Å²) in [6.45, 7) is 9.37. The number of pyridine rings is 1. The molecule has 0 bridgehead atoms. The summed E-state index contributed by atoms with van der Waals surface area (Å²) in [6.07, 6.45) is 6.91. The van der Waals surface area contributed by atoms with Crippen LogP contribution in [0, 0.1) is 6.92 Å². The highest BCUT2D eigenvalue weighted by molar-refractivity contribution is 6.35. The van der Waals surface area contributed by atoms with Crippen LogP contribution in [-0.4, -0.2) is 21.4 Å². The van der Waals surface area contributed by atoms with E-state index in [-0.39, 0.29) is 0 Å². The lowest BCUT2D eigenvalue weighted by molar-refractivity contribution is 0.153. The van der Waals surface area contributed by atoms with E-state index in [0.717, 1.165) is 56.4 Å². The number of aliphatic hydroxyl groups is 1. The maximum Gasteiger partial charge on any atom is 0.0967 e. The molecule has 4 rings (SSSR count). The number of benzene rings is 3. The number of fused-ring (bicyclic) bond motifs is 1. The number of rotatable bonds is 7. The Labute approximate surface area is 224 Å². The predicted molar refractivity (Wildman–Crippen MR) is 159 cm³/mol. The minimum atomic E-state index is -0.983. The average molecular weight is 509 g/mol. The van der Waals surface area contributed by atoms with Crippen molar-refractivity contribution >= 4 is 33.8 Å². The number of hydrogen-bond donors (Lipinski definition) is 1. The fraction of sp³-hybridized carbons (Fsp3) is 0.212. The summed E-state index contributed by atoms with van der Waals surface area (Å²) in [4.78, 5) is 9.39. The summed E-state index contributed by atoms with van der Waals surface area (Å²) in [6, 6.07) is 25.0. The van der Waals surface area contributed by atoms with Gasteiger partial charge < -0.3 is 5.11 Å². The zero-order valence-electron chi connectivity index (χ0n) is 22.1. The third-order valence-electron chi connectivity index (χ3n) is 6.52. The van der Waals surface area contributed by atoms with Gasteiger partial charge in [0.25, 0.3) is 0 Å². The van der Waals surface area contributed by atoms with Crippen LogP contribution in [0.15, 0.2) is 96.1 Å². The molecule has 4 heteroatoms. The second-order valence-electron chi connectivity index (χ2n) is 9.70. The molecule has 0 aliphatic heterocycles.